The highest BCUT2D eigenvalue weighted by Gasteiger charge is 2.50. The molecule has 0 saturated carbocycles. The Balaban J connectivity index is 1.61. The molecule has 0 fully saturated rings. The number of hydrogen-bond donors (Lipinski definition) is 4. The third-order valence-corrected chi connectivity index (χ3v) is 6.91. The van der Waals surface area contributed by atoms with Crippen LogP contribution in [-0.4, -0.2) is 63.1 Å². The molecule has 0 aliphatic heterocycles. The van der Waals surface area contributed by atoms with E-state index in [9.17, 15) is 24.0 Å². The third kappa shape index (κ3) is 9.12. The Hall–Kier alpha value is -5.79. The largest absolute Gasteiger partial charge is 0.383 e. The Kier molecular flexibility index (Phi) is 11.6. The Morgan fingerprint density at radius 1 is 0.872 bits per heavy atom. The van der Waals surface area contributed by atoms with Gasteiger partial charge in [-0.15, -0.1) is 0 Å². The standard InChI is InChI=1S/C33H33F2N7O5/c1-2-37-27(43)20-40-32(47)33(34,35)29(45)25(16-22-10-5-3-6-11-22)41-28(44)21-42-30(24-14-9-15-36-18-24)39-19-26(31(42)46)38-17-23-12-7-4-8-13-23/h3-15,18-19,25,38H,2,16-17,20-21H2,1H3,(H,37,43)(H,40,47)(H,41,44). The number of rotatable bonds is 15. The van der Waals surface area contributed by atoms with E-state index in [0.29, 0.717) is 11.1 Å². The SMILES string of the molecule is CCNC(=O)CNC(=O)C(F)(F)C(=O)C(Cc1ccccc1)NC(=O)Cn1c(-c2cccnc2)ncc(NCc2ccccc2)c1=O. The number of carbonyl (C=O) groups is 4. The van der Waals surface area contributed by atoms with Crippen molar-refractivity contribution in [3.05, 3.63) is 113 Å². The number of amides is 3. The van der Waals surface area contributed by atoms with Crippen molar-refractivity contribution in [2.75, 3.05) is 18.4 Å². The number of benzene rings is 2. The van der Waals surface area contributed by atoms with Gasteiger partial charge in [0, 0.05) is 37.5 Å². The molecule has 0 spiro atoms. The van der Waals surface area contributed by atoms with Gasteiger partial charge < -0.3 is 21.3 Å². The number of halogens is 2. The number of ketones is 1. The van der Waals surface area contributed by atoms with E-state index in [1.54, 1.807) is 54.7 Å². The maximum atomic E-state index is 15.2. The number of aromatic nitrogens is 3. The van der Waals surface area contributed by atoms with Crippen molar-refractivity contribution in [3.8, 4) is 11.4 Å². The van der Waals surface area contributed by atoms with Crippen LogP contribution in [-0.2, 0) is 38.7 Å². The minimum absolute atomic E-state index is 0.0709. The normalized spacial score (nSPS) is 11.6. The van der Waals surface area contributed by atoms with Gasteiger partial charge in [0.15, 0.2) is 0 Å². The Bertz CT molecular complexity index is 1750. The van der Waals surface area contributed by atoms with E-state index < -0.39 is 54.1 Å². The maximum absolute atomic E-state index is 15.2. The van der Waals surface area contributed by atoms with Crippen LogP contribution in [0.25, 0.3) is 11.4 Å². The summed E-state index contributed by atoms with van der Waals surface area (Å²) in [5, 5.41) is 9.40. The summed E-state index contributed by atoms with van der Waals surface area (Å²) >= 11 is 0. The number of carbonyl (C=O) groups excluding carboxylic acids is 4. The molecular formula is C33H33F2N7O5. The van der Waals surface area contributed by atoms with Crippen LogP contribution in [0.5, 0.6) is 0 Å². The highest BCUT2D eigenvalue weighted by Crippen LogP contribution is 2.20. The van der Waals surface area contributed by atoms with E-state index >= 15 is 8.78 Å². The van der Waals surface area contributed by atoms with Crippen LogP contribution in [0.4, 0.5) is 14.5 Å². The molecule has 0 radical (unpaired) electrons. The zero-order valence-corrected chi connectivity index (χ0v) is 25.4. The zero-order chi connectivity index (χ0) is 33.8. The summed E-state index contributed by atoms with van der Waals surface area (Å²) in [6.45, 7) is 0.622. The molecule has 2 heterocycles. The second kappa shape index (κ2) is 16.0. The smallest absolute Gasteiger partial charge is 0.375 e. The molecule has 1 atom stereocenters. The lowest BCUT2D eigenvalue weighted by atomic mass is 9.98. The number of nitrogens with zero attached hydrogens (tertiary/aromatic N) is 3. The number of Topliss-reactive ketones (excluding diaryl/α,β-unsaturated/α-hetero) is 1. The van der Waals surface area contributed by atoms with Crippen LogP contribution >= 0.6 is 0 Å². The van der Waals surface area contributed by atoms with Crippen molar-refractivity contribution < 1.29 is 28.0 Å². The Labute approximate surface area is 268 Å². The fourth-order valence-corrected chi connectivity index (χ4v) is 4.58. The van der Waals surface area contributed by atoms with Crippen molar-refractivity contribution in [2.45, 2.75) is 38.4 Å². The highest BCUT2D eigenvalue weighted by molar-refractivity contribution is 6.11. The lowest BCUT2D eigenvalue weighted by Gasteiger charge is -2.23. The van der Waals surface area contributed by atoms with E-state index in [4.69, 9.17) is 0 Å². The third-order valence-electron chi connectivity index (χ3n) is 6.91. The first-order valence-corrected chi connectivity index (χ1v) is 14.7. The fraction of sp³-hybridized carbons (Fsp3) is 0.242. The van der Waals surface area contributed by atoms with Crippen LogP contribution in [0.15, 0.2) is 96.2 Å². The van der Waals surface area contributed by atoms with Gasteiger partial charge in [-0.1, -0.05) is 60.7 Å². The second-order valence-electron chi connectivity index (χ2n) is 10.4. The van der Waals surface area contributed by atoms with E-state index in [1.165, 1.54) is 18.6 Å². The summed E-state index contributed by atoms with van der Waals surface area (Å²) in [6.07, 6.45) is 3.89. The summed E-state index contributed by atoms with van der Waals surface area (Å²) in [5.41, 5.74) is 1.14. The maximum Gasteiger partial charge on any atom is 0.383 e. The second-order valence-corrected chi connectivity index (χ2v) is 10.4. The molecule has 0 bridgehead atoms. The van der Waals surface area contributed by atoms with E-state index in [1.807, 2.05) is 30.3 Å². The lowest BCUT2D eigenvalue weighted by molar-refractivity contribution is -0.160. The number of likely N-dealkylation sites (N-methyl/N-ethyl adjacent to an activating group) is 1. The van der Waals surface area contributed by atoms with Gasteiger partial charge in [-0.25, -0.2) is 4.98 Å². The van der Waals surface area contributed by atoms with Gasteiger partial charge in [0.1, 0.15) is 18.1 Å². The average molecular weight is 646 g/mol. The molecule has 3 amide bonds. The van der Waals surface area contributed by atoms with Crippen molar-refractivity contribution in [1.82, 2.24) is 30.5 Å². The van der Waals surface area contributed by atoms with Gasteiger partial charge in [-0.05, 0) is 30.2 Å². The van der Waals surface area contributed by atoms with Crippen molar-refractivity contribution in [2.24, 2.45) is 0 Å². The summed E-state index contributed by atoms with van der Waals surface area (Å²) < 4.78 is 31.4. The summed E-state index contributed by atoms with van der Waals surface area (Å²) in [6, 6.07) is 18.7. The zero-order valence-electron chi connectivity index (χ0n) is 25.4. The van der Waals surface area contributed by atoms with Crippen LogP contribution in [0.3, 0.4) is 0 Å². The predicted octanol–water partition coefficient (Wildman–Crippen LogP) is 2.10. The molecule has 0 aliphatic rings. The first kappa shape index (κ1) is 34.1. The van der Waals surface area contributed by atoms with Gasteiger partial charge in [-0.3, -0.25) is 33.5 Å². The van der Waals surface area contributed by atoms with Gasteiger partial charge in [0.2, 0.25) is 17.6 Å². The summed E-state index contributed by atoms with van der Waals surface area (Å²) in [7, 11) is 0. The minimum Gasteiger partial charge on any atom is -0.375 e. The highest BCUT2D eigenvalue weighted by atomic mass is 19.3. The van der Waals surface area contributed by atoms with Gasteiger partial charge in [0.05, 0.1) is 18.8 Å². The lowest BCUT2D eigenvalue weighted by Crippen LogP contribution is -2.56. The summed E-state index contributed by atoms with van der Waals surface area (Å²) in [5.74, 6) is -10.1. The van der Waals surface area contributed by atoms with Gasteiger partial charge in [0.25, 0.3) is 11.5 Å². The number of hydrogen-bond acceptors (Lipinski definition) is 8. The van der Waals surface area contributed by atoms with Crippen LogP contribution in [0.2, 0.25) is 0 Å². The van der Waals surface area contributed by atoms with Crippen LogP contribution in [0.1, 0.15) is 18.1 Å². The van der Waals surface area contributed by atoms with E-state index in [0.717, 1.165) is 10.1 Å². The fourth-order valence-electron chi connectivity index (χ4n) is 4.58. The predicted molar refractivity (Wildman–Crippen MR) is 169 cm³/mol. The van der Waals surface area contributed by atoms with Crippen molar-refractivity contribution in [3.63, 3.8) is 0 Å². The number of pyridine rings is 1. The molecule has 2 aromatic heterocycles. The molecule has 4 rings (SSSR count). The first-order chi connectivity index (χ1) is 22.6. The Morgan fingerprint density at radius 2 is 1.55 bits per heavy atom. The molecule has 4 aromatic rings. The molecule has 2 aromatic carbocycles. The minimum atomic E-state index is -4.60. The van der Waals surface area contributed by atoms with Crippen LogP contribution in [0, 0.1) is 0 Å². The van der Waals surface area contributed by atoms with Crippen molar-refractivity contribution >= 4 is 29.2 Å². The Morgan fingerprint density at radius 3 is 2.19 bits per heavy atom. The molecule has 14 heteroatoms. The number of alkyl halides is 2. The molecule has 1 unspecified atom stereocenters. The van der Waals surface area contributed by atoms with Crippen LogP contribution < -0.4 is 26.8 Å². The number of nitrogens with one attached hydrogen (secondary N) is 4. The molecule has 12 nitrogen and oxygen atoms in total. The molecule has 47 heavy (non-hydrogen) atoms. The van der Waals surface area contributed by atoms with Gasteiger partial charge in [-0.2, -0.15) is 8.78 Å². The quantitative estimate of drug-likeness (QED) is 0.143. The topological polar surface area (TPSA) is 164 Å². The first-order valence-electron chi connectivity index (χ1n) is 14.7. The van der Waals surface area contributed by atoms with E-state index in [-0.39, 0.29) is 31.0 Å². The average Bonchev–Trinajstić information content (AvgIpc) is 3.08. The number of anilines is 1. The van der Waals surface area contributed by atoms with Crippen molar-refractivity contribution in [1.29, 1.82) is 0 Å². The molecular weight excluding hydrogens is 612 g/mol. The monoisotopic (exact) mass is 645 g/mol. The van der Waals surface area contributed by atoms with E-state index in [2.05, 4.69) is 25.9 Å². The molecule has 244 valence electrons. The molecule has 4 N–H and O–H groups in total. The molecule has 0 aliphatic carbocycles. The molecule has 0 saturated heterocycles. The summed E-state index contributed by atoms with van der Waals surface area (Å²) in [4.78, 5) is 72.7. The van der Waals surface area contributed by atoms with Gasteiger partial charge >= 0.3 is 5.92 Å².